The van der Waals surface area contributed by atoms with Gasteiger partial charge < -0.3 is 0 Å². The smallest absolute Gasteiger partial charge is 0.237 e. The minimum absolute atomic E-state index is 0.170. The maximum absolute atomic E-state index is 5.62. The molecule has 0 aliphatic heterocycles. The molecule has 0 unspecified atom stereocenters. The zero-order chi connectivity index (χ0) is 10.1. The molecule has 1 rings (SSSR count). The van der Waals surface area contributed by atoms with E-state index in [9.17, 15) is 0 Å². The summed E-state index contributed by atoms with van der Waals surface area (Å²) in [5, 5.41) is 0. The van der Waals surface area contributed by atoms with E-state index in [1.165, 1.54) is 0 Å². The van der Waals surface area contributed by atoms with Crippen molar-refractivity contribution in [3.63, 3.8) is 0 Å². The number of hydrogen-bond acceptors (Lipinski definition) is 2. The maximum Gasteiger partial charge on any atom is 0.250 e. The lowest BCUT2D eigenvalue weighted by Crippen LogP contribution is -2.09. The predicted molar refractivity (Wildman–Crippen MR) is 55.6 cm³/mol. The summed E-state index contributed by atoms with van der Waals surface area (Å²) in [6.07, 6.45) is 1.56. The number of hydrogen-bond donors (Lipinski definition) is 0. The van der Waals surface area contributed by atoms with Crippen LogP contribution in [0.2, 0.25) is 0 Å². The van der Waals surface area contributed by atoms with Crippen LogP contribution in [-0.4, -0.2) is 9.97 Å². The zero-order valence-electron chi connectivity index (χ0n) is 6.69. The Morgan fingerprint density at radius 3 is 2.38 bits per heavy atom. The van der Waals surface area contributed by atoms with Crippen LogP contribution < -0.4 is 0 Å². The fraction of sp³-hybridized carbons (Fsp3) is 0.429. The van der Waals surface area contributed by atoms with Gasteiger partial charge in [0.15, 0.2) is 5.82 Å². The molecule has 0 saturated carbocycles. The average Bonchev–Trinajstić information content (AvgIpc) is 2.02. The van der Waals surface area contributed by atoms with Crippen molar-refractivity contribution in [3.8, 4) is 0 Å². The predicted octanol–water partition coefficient (Wildman–Crippen LogP) is 3.35. The lowest BCUT2D eigenvalue weighted by Gasteiger charge is -2.10. The topological polar surface area (TPSA) is 25.8 Å². The largest absolute Gasteiger partial charge is 0.250 e. The molecule has 0 bridgehead atoms. The molecular weight excluding hydrogens is 254 g/mol. The summed E-state index contributed by atoms with van der Waals surface area (Å²) in [6, 6.07) is 0. The molecule has 1 heterocycles. The van der Waals surface area contributed by atoms with Crippen molar-refractivity contribution in [2.24, 2.45) is 0 Å². The van der Waals surface area contributed by atoms with Crippen LogP contribution in [0, 0.1) is 6.92 Å². The van der Waals surface area contributed by atoms with Gasteiger partial charge in [0.2, 0.25) is 3.79 Å². The fourth-order valence-corrected chi connectivity index (χ4v) is 1.30. The quantitative estimate of drug-likeness (QED) is 0.723. The molecule has 13 heavy (non-hydrogen) atoms. The second kappa shape index (κ2) is 4.18. The number of rotatable bonds is 1. The number of alkyl halides is 4. The van der Waals surface area contributed by atoms with Gasteiger partial charge in [-0.1, -0.05) is 34.8 Å². The first-order chi connectivity index (χ1) is 5.95. The van der Waals surface area contributed by atoms with Crippen LogP contribution in [0.4, 0.5) is 0 Å². The van der Waals surface area contributed by atoms with Crippen molar-refractivity contribution < 1.29 is 0 Å². The molecule has 1 aromatic heterocycles. The Balaban J connectivity index is 3.10. The lowest BCUT2D eigenvalue weighted by molar-refractivity contribution is 0.922. The first-order valence-electron chi connectivity index (χ1n) is 3.41. The lowest BCUT2D eigenvalue weighted by atomic mass is 10.3. The van der Waals surface area contributed by atoms with Crippen molar-refractivity contribution in [2.45, 2.75) is 16.6 Å². The Kier molecular flexibility index (Phi) is 3.64. The van der Waals surface area contributed by atoms with Crippen LogP contribution in [0.3, 0.4) is 0 Å². The van der Waals surface area contributed by atoms with Crippen molar-refractivity contribution in [1.29, 1.82) is 0 Å². The van der Waals surface area contributed by atoms with Gasteiger partial charge in [-0.25, -0.2) is 9.97 Å². The molecule has 0 N–H and O–H groups in total. The second-order valence-corrected chi connectivity index (χ2v) is 4.98. The van der Waals surface area contributed by atoms with Crippen LogP contribution in [0.25, 0.3) is 0 Å². The van der Waals surface area contributed by atoms with Crippen LogP contribution in [0.15, 0.2) is 6.20 Å². The van der Waals surface area contributed by atoms with E-state index in [0.717, 1.165) is 11.3 Å². The normalized spacial score (nSPS) is 11.8. The van der Waals surface area contributed by atoms with E-state index in [1.807, 2.05) is 0 Å². The molecule has 0 aromatic carbocycles. The average molecular weight is 260 g/mol. The van der Waals surface area contributed by atoms with Crippen LogP contribution >= 0.6 is 46.4 Å². The third-order valence-electron chi connectivity index (χ3n) is 1.48. The number of aromatic nitrogens is 2. The van der Waals surface area contributed by atoms with E-state index >= 15 is 0 Å². The minimum atomic E-state index is -1.57. The summed E-state index contributed by atoms with van der Waals surface area (Å²) in [4.78, 5) is 7.91. The summed E-state index contributed by atoms with van der Waals surface area (Å²) >= 11 is 22.4. The van der Waals surface area contributed by atoms with Crippen LogP contribution in [-0.2, 0) is 9.67 Å². The standard InChI is InChI=1S/C7H6Cl4N2/c1-4-5(2-8)3-12-6(13-4)7(9,10)11/h3H,2H2,1H3. The molecule has 6 heteroatoms. The second-order valence-electron chi connectivity index (χ2n) is 2.44. The van der Waals surface area contributed by atoms with Gasteiger partial charge in [0.1, 0.15) is 0 Å². The Labute approximate surface area is 96.2 Å². The Morgan fingerprint density at radius 1 is 1.38 bits per heavy atom. The fourth-order valence-electron chi connectivity index (χ4n) is 0.760. The first kappa shape index (κ1) is 11.3. The van der Waals surface area contributed by atoms with Gasteiger partial charge in [-0.3, -0.25) is 0 Å². The van der Waals surface area contributed by atoms with Crippen molar-refractivity contribution in [1.82, 2.24) is 9.97 Å². The molecule has 0 aliphatic rings. The molecule has 72 valence electrons. The molecular formula is C7H6Cl4N2. The van der Waals surface area contributed by atoms with Crippen molar-refractivity contribution in [2.75, 3.05) is 0 Å². The molecule has 0 amide bonds. The molecule has 0 atom stereocenters. The summed E-state index contributed by atoms with van der Waals surface area (Å²) in [6.45, 7) is 1.79. The Bertz CT molecular complexity index is 308. The summed E-state index contributed by atoms with van der Waals surface area (Å²) in [5.74, 6) is 0.523. The van der Waals surface area contributed by atoms with Crippen molar-refractivity contribution >= 4 is 46.4 Å². The van der Waals surface area contributed by atoms with Gasteiger partial charge in [-0.2, -0.15) is 0 Å². The molecule has 1 aromatic rings. The summed E-state index contributed by atoms with van der Waals surface area (Å²) < 4.78 is -1.57. The Hall–Kier alpha value is 0.240. The zero-order valence-corrected chi connectivity index (χ0v) is 9.71. The third kappa shape index (κ3) is 2.84. The molecule has 0 aliphatic carbocycles. The van der Waals surface area contributed by atoms with E-state index in [0.29, 0.717) is 5.88 Å². The van der Waals surface area contributed by atoms with Gasteiger partial charge in [-0.05, 0) is 6.92 Å². The third-order valence-corrected chi connectivity index (χ3v) is 2.27. The number of aryl methyl sites for hydroxylation is 1. The maximum atomic E-state index is 5.62. The Morgan fingerprint density at radius 2 is 2.00 bits per heavy atom. The highest BCUT2D eigenvalue weighted by Crippen LogP contribution is 2.35. The van der Waals surface area contributed by atoms with Gasteiger partial charge in [0, 0.05) is 17.5 Å². The van der Waals surface area contributed by atoms with Gasteiger partial charge >= 0.3 is 0 Å². The van der Waals surface area contributed by atoms with Crippen LogP contribution in [0.5, 0.6) is 0 Å². The molecule has 0 radical (unpaired) electrons. The van der Waals surface area contributed by atoms with E-state index in [1.54, 1.807) is 13.1 Å². The molecule has 0 saturated heterocycles. The molecule has 0 fully saturated rings. The monoisotopic (exact) mass is 258 g/mol. The first-order valence-corrected chi connectivity index (χ1v) is 5.07. The minimum Gasteiger partial charge on any atom is -0.237 e. The molecule has 2 nitrogen and oxygen atoms in total. The van der Waals surface area contributed by atoms with Crippen molar-refractivity contribution in [3.05, 3.63) is 23.3 Å². The molecule has 0 spiro atoms. The van der Waals surface area contributed by atoms with E-state index in [2.05, 4.69) is 9.97 Å². The van der Waals surface area contributed by atoms with E-state index in [-0.39, 0.29) is 5.82 Å². The van der Waals surface area contributed by atoms with Gasteiger partial charge in [0.25, 0.3) is 0 Å². The number of nitrogens with zero attached hydrogens (tertiary/aromatic N) is 2. The van der Waals surface area contributed by atoms with E-state index in [4.69, 9.17) is 46.4 Å². The number of halogens is 4. The summed E-state index contributed by atoms with van der Waals surface area (Å²) in [5.41, 5.74) is 1.56. The highest BCUT2D eigenvalue weighted by atomic mass is 35.6. The summed E-state index contributed by atoms with van der Waals surface area (Å²) in [7, 11) is 0. The van der Waals surface area contributed by atoms with Crippen LogP contribution in [0.1, 0.15) is 17.1 Å². The van der Waals surface area contributed by atoms with Gasteiger partial charge in [-0.15, -0.1) is 11.6 Å². The highest BCUT2D eigenvalue weighted by molar-refractivity contribution is 6.66. The highest BCUT2D eigenvalue weighted by Gasteiger charge is 2.26. The van der Waals surface area contributed by atoms with E-state index < -0.39 is 3.79 Å². The van der Waals surface area contributed by atoms with Gasteiger partial charge in [0.05, 0.1) is 5.88 Å². The SMILES string of the molecule is Cc1nc(C(Cl)(Cl)Cl)ncc1CCl.